The molecule has 7 heteroatoms. The minimum Gasteiger partial charge on any atom is -0.497 e. The van der Waals surface area contributed by atoms with E-state index in [0.29, 0.717) is 23.5 Å². The number of anilines is 3. The smallest absolute Gasteiger partial charge is 0.257 e. The van der Waals surface area contributed by atoms with E-state index in [-0.39, 0.29) is 5.91 Å². The van der Waals surface area contributed by atoms with Gasteiger partial charge in [0.1, 0.15) is 11.6 Å². The highest BCUT2D eigenvalue weighted by Gasteiger charge is 2.13. The molecule has 0 radical (unpaired) electrons. The summed E-state index contributed by atoms with van der Waals surface area (Å²) in [4.78, 5) is 21.5. The van der Waals surface area contributed by atoms with Crippen molar-refractivity contribution < 1.29 is 9.53 Å². The molecule has 3 N–H and O–H groups in total. The summed E-state index contributed by atoms with van der Waals surface area (Å²) in [5, 5.41) is 2.83. The molecular formula is C24H29N5O2. The van der Waals surface area contributed by atoms with Gasteiger partial charge >= 0.3 is 0 Å². The Bertz CT molecular complexity index is 988. The van der Waals surface area contributed by atoms with Gasteiger partial charge in [-0.1, -0.05) is 24.3 Å². The molecule has 162 valence electrons. The molecule has 0 unspecified atom stereocenters. The summed E-state index contributed by atoms with van der Waals surface area (Å²) in [6.45, 7) is 2.39. The van der Waals surface area contributed by atoms with Crippen molar-refractivity contribution in [2.24, 2.45) is 0 Å². The van der Waals surface area contributed by atoms with Crippen molar-refractivity contribution in [3.8, 4) is 5.75 Å². The van der Waals surface area contributed by atoms with Crippen molar-refractivity contribution in [3.63, 3.8) is 0 Å². The summed E-state index contributed by atoms with van der Waals surface area (Å²) in [5.74, 6) is 1.40. The number of likely N-dealkylation sites (N-methyl/N-ethyl adjacent to an activating group) is 1. The maximum atomic E-state index is 12.6. The number of benzene rings is 2. The highest BCUT2D eigenvalue weighted by Crippen LogP contribution is 2.20. The molecule has 1 aromatic heterocycles. The molecule has 2 aromatic carbocycles. The lowest BCUT2D eigenvalue weighted by atomic mass is 10.2. The Morgan fingerprint density at radius 1 is 1.03 bits per heavy atom. The third-order valence-electron chi connectivity index (χ3n) is 4.89. The fourth-order valence-corrected chi connectivity index (χ4v) is 3.06. The van der Waals surface area contributed by atoms with E-state index < -0.39 is 0 Å². The molecule has 7 nitrogen and oxygen atoms in total. The zero-order valence-electron chi connectivity index (χ0n) is 18.2. The molecule has 3 rings (SSSR count). The number of nitrogens with zero attached hydrogens (tertiary/aromatic N) is 3. The molecule has 0 aliphatic rings. The van der Waals surface area contributed by atoms with Crippen molar-refractivity contribution in [2.75, 3.05) is 50.2 Å². The van der Waals surface area contributed by atoms with E-state index in [4.69, 9.17) is 10.5 Å². The summed E-state index contributed by atoms with van der Waals surface area (Å²) in [6, 6.07) is 18.8. The zero-order chi connectivity index (χ0) is 22.2. The summed E-state index contributed by atoms with van der Waals surface area (Å²) in [6.07, 6.45) is 1.60. The second kappa shape index (κ2) is 10.4. The number of nitrogens with one attached hydrogen (secondary N) is 1. The minimum atomic E-state index is -0.244. The van der Waals surface area contributed by atoms with E-state index in [2.05, 4.69) is 20.1 Å². The van der Waals surface area contributed by atoms with Crippen LogP contribution in [0.2, 0.25) is 0 Å². The van der Waals surface area contributed by atoms with Gasteiger partial charge in [0.25, 0.3) is 5.91 Å². The molecule has 31 heavy (non-hydrogen) atoms. The number of para-hydroxylation sites is 2. The van der Waals surface area contributed by atoms with Crippen LogP contribution in [0.5, 0.6) is 5.75 Å². The van der Waals surface area contributed by atoms with Crippen LogP contribution in [0.25, 0.3) is 0 Å². The molecule has 1 amide bonds. The third-order valence-corrected chi connectivity index (χ3v) is 4.89. The van der Waals surface area contributed by atoms with Gasteiger partial charge in [-0.25, -0.2) is 4.98 Å². The largest absolute Gasteiger partial charge is 0.497 e. The Balaban J connectivity index is 1.74. The summed E-state index contributed by atoms with van der Waals surface area (Å²) < 4.78 is 5.24. The summed E-state index contributed by atoms with van der Waals surface area (Å²) >= 11 is 0. The Morgan fingerprint density at radius 2 is 1.77 bits per heavy atom. The number of ether oxygens (including phenoxy) is 1. The fraction of sp³-hybridized carbons (Fsp3) is 0.250. The predicted molar refractivity (Wildman–Crippen MR) is 126 cm³/mol. The zero-order valence-corrected chi connectivity index (χ0v) is 18.2. The Morgan fingerprint density at radius 3 is 2.39 bits per heavy atom. The van der Waals surface area contributed by atoms with Crippen molar-refractivity contribution in [1.82, 2.24) is 9.88 Å². The molecule has 1 heterocycles. The van der Waals surface area contributed by atoms with E-state index in [1.807, 2.05) is 56.6 Å². The number of carbonyl (C=O) groups is 1. The van der Waals surface area contributed by atoms with Crippen LogP contribution in [0, 0.1) is 0 Å². The quantitative estimate of drug-likeness (QED) is 0.517. The van der Waals surface area contributed by atoms with Gasteiger partial charge in [-0.2, -0.15) is 0 Å². The van der Waals surface area contributed by atoms with Crippen LogP contribution < -0.4 is 20.7 Å². The van der Waals surface area contributed by atoms with E-state index in [9.17, 15) is 4.79 Å². The third kappa shape index (κ3) is 6.20. The van der Waals surface area contributed by atoms with Crippen molar-refractivity contribution >= 4 is 23.1 Å². The van der Waals surface area contributed by atoms with Crippen LogP contribution in [-0.2, 0) is 6.54 Å². The van der Waals surface area contributed by atoms with Gasteiger partial charge in [-0.15, -0.1) is 0 Å². The van der Waals surface area contributed by atoms with E-state index in [1.54, 1.807) is 31.5 Å². The molecule has 0 fully saturated rings. The molecule has 0 saturated heterocycles. The first-order valence-corrected chi connectivity index (χ1v) is 10.1. The minimum absolute atomic E-state index is 0.244. The first kappa shape index (κ1) is 22.1. The van der Waals surface area contributed by atoms with Crippen LogP contribution in [-0.4, -0.2) is 50.1 Å². The maximum absolute atomic E-state index is 12.6. The normalized spacial score (nSPS) is 10.7. The molecule has 0 bridgehead atoms. The summed E-state index contributed by atoms with van der Waals surface area (Å²) in [7, 11) is 5.75. The number of rotatable bonds is 9. The second-order valence-electron chi connectivity index (χ2n) is 7.52. The van der Waals surface area contributed by atoms with Crippen LogP contribution in [0.3, 0.4) is 0 Å². The Kier molecular flexibility index (Phi) is 7.45. The highest BCUT2D eigenvalue weighted by atomic mass is 16.5. The van der Waals surface area contributed by atoms with E-state index in [0.717, 1.165) is 30.2 Å². The molecule has 0 spiro atoms. The molecule has 0 saturated carbocycles. The first-order valence-electron chi connectivity index (χ1n) is 10.1. The molecule has 0 aliphatic carbocycles. The summed E-state index contributed by atoms with van der Waals surface area (Å²) in [5.41, 5.74) is 8.65. The average molecular weight is 420 g/mol. The Hall–Kier alpha value is -3.58. The lowest BCUT2D eigenvalue weighted by Crippen LogP contribution is -2.32. The standard InChI is InChI=1S/C24H29N5O2/c1-28(2)14-15-29(17-18-8-11-20(31-3)12-9-18)23-13-10-19(16-26-23)24(30)27-22-7-5-4-6-21(22)25/h4-13,16H,14-15,17,25H2,1-3H3,(H,27,30). The van der Waals surface area contributed by atoms with E-state index >= 15 is 0 Å². The van der Waals surface area contributed by atoms with Gasteiger partial charge in [-0.3, -0.25) is 4.79 Å². The lowest BCUT2D eigenvalue weighted by molar-refractivity contribution is 0.102. The number of carbonyl (C=O) groups excluding carboxylic acids is 1. The van der Waals surface area contributed by atoms with E-state index in [1.165, 1.54) is 0 Å². The monoisotopic (exact) mass is 419 g/mol. The van der Waals surface area contributed by atoms with Gasteiger partial charge in [0, 0.05) is 25.8 Å². The number of methoxy groups -OCH3 is 1. The van der Waals surface area contributed by atoms with Crippen molar-refractivity contribution in [1.29, 1.82) is 0 Å². The second-order valence-corrected chi connectivity index (χ2v) is 7.52. The number of aromatic nitrogens is 1. The Labute approximate surface area is 183 Å². The van der Waals surface area contributed by atoms with Gasteiger partial charge in [-0.05, 0) is 56.1 Å². The van der Waals surface area contributed by atoms with Crippen molar-refractivity contribution in [3.05, 3.63) is 78.0 Å². The average Bonchev–Trinajstić information content (AvgIpc) is 2.78. The first-order chi connectivity index (χ1) is 15.0. The van der Waals surface area contributed by atoms with Gasteiger partial charge < -0.3 is 25.6 Å². The van der Waals surface area contributed by atoms with Gasteiger partial charge in [0.05, 0.1) is 24.0 Å². The highest BCUT2D eigenvalue weighted by molar-refractivity contribution is 6.05. The van der Waals surface area contributed by atoms with Gasteiger partial charge in [0.2, 0.25) is 0 Å². The number of hydrogen-bond donors (Lipinski definition) is 2. The van der Waals surface area contributed by atoms with Crippen LogP contribution in [0.1, 0.15) is 15.9 Å². The molecule has 3 aromatic rings. The number of hydrogen-bond acceptors (Lipinski definition) is 6. The number of amides is 1. The number of pyridine rings is 1. The topological polar surface area (TPSA) is 83.7 Å². The molecule has 0 atom stereocenters. The van der Waals surface area contributed by atoms with Crippen molar-refractivity contribution in [2.45, 2.75) is 6.54 Å². The predicted octanol–water partition coefficient (Wildman–Crippen LogP) is 3.49. The number of nitrogen functional groups attached to an aromatic ring is 1. The fourth-order valence-electron chi connectivity index (χ4n) is 3.06. The lowest BCUT2D eigenvalue weighted by Gasteiger charge is -2.25. The number of nitrogens with two attached hydrogens (primary N) is 1. The van der Waals surface area contributed by atoms with Crippen LogP contribution >= 0.6 is 0 Å². The molecule has 0 aliphatic heterocycles. The van der Waals surface area contributed by atoms with Crippen LogP contribution in [0.4, 0.5) is 17.2 Å². The molecular weight excluding hydrogens is 390 g/mol. The SMILES string of the molecule is COc1ccc(CN(CCN(C)C)c2ccc(C(=O)Nc3ccccc3N)cn2)cc1. The maximum Gasteiger partial charge on any atom is 0.257 e. The van der Waals surface area contributed by atoms with Crippen LogP contribution in [0.15, 0.2) is 66.9 Å². The van der Waals surface area contributed by atoms with Gasteiger partial charge in [0.15, 0.2) is 0 Å².